The number of rotatable bonds is 15. The summed E-state index contributed by atoms with van der Waals surface area (Å²) in [7, 11) is 0. The quantitative estimate of drug-likeness (QED) is 0.102. The van der Waals surface area contributed by atoms with Crippen molar-refractivity contribution in [3.05, 3.63) is 217 Å². The van der Waals surface area contributed by atoms with Gasteiger partial charge in [0, 0.05) is 106 Å². The first-order valence-electron chi connectivity index (χ1n) is 25.0. The van der Waals surface area contributed by atoms with E-state index in [0.717, 1.165) is 71.4 Å². The highest BCUT2D eigenvalue weighted by atomic mass is 15.1. The standard InChI is InChI=1S/C64H64N6/c1-9-65-45(5)13-41-61(65)51-21-33-57(34-22-51)69(58-35-23-52(24-36-58)62-42-14-46(6)66(62)10-2)55-29-17-49(18-30-55)50-19-31-56(32-20-50)70(59-37-25-53(26-38-59)63-43-15-47(7)67(63)11-3)60-39-27-54(28-40-60)64-44-16-48(8)68(64)12-4/h13-44H,9-12H2,1-8H3. The summed E-state index contributed by atoms with van der Waals surface area (Å²) in [4.78, 5) is 4.73. The SMILES string of the molecule is CCn1c(C)ccc1-c1ccc(N(c2ccc(-c3ccc(N(c4ccc(-c5ccc(C)n5CC)cc4)c4ccc(-c5ccc(C)n5CC)cc4)cc3)cc2)c2ccc(-c3ccc(C)n3CC)cc2)cc1. The molecule has 10 aromatic rings. The predicted octanol–water partition coefficient (Wildman–Crippen LogP) is 17.5. The van der Waals surface area contributed by atoms with Gasteiger partial charge in [-0.2, -0.15) is 0 Å². The molecule has 6 aromatic carbocycles. The molecule has 0 saturated heterocycles. The Bertz CT molecular complexity index is 2940. The van der Waals surface area contributed by atoms with E-state index >= 15 is 0 Å². The van der Waals surface area contributed by atoms with Gasteiger partial charge in [-0.3, -0.25) is 0 Å². The second-order valence-electron chi connectivity index (χ2n) is 18.4. The zero-order valence-corrected chi connectivity index (χ0v) is 42.0. The van der Waals surface area contributed by atoms with Crippen LogP contribution in [0.1, 0.15) is 50.5 Å². The van der Waals surface area contributed by atoms with Gasteiger partial charge in [-0.15, -0.1) is 0 Å². The molecule has 0 aliphatic rings. The van der Waals surface area contributed by atoms with Gasteiger partial charge in [0.25, 0.3) is 0 Å². The van der Waals surface area contributed by atoms with E-state index in [0.29, 0.717) is 0 Å². The molecule has 0 fully saturated rings. The maximum absolute atomic E-state index is 2.37. The highest BCUT2D eigenvalue weighted by Gasteiger charge is 2.18. The number of hydrogen-bond acceptors (Lipinski definition) is 2. The molecule has 4 heterocycles. The highest BCUT2D eigenvalue weighted by Crippen LogP contribution is 2.41. The summed E-state index contributed by atoms with van der Waals surface area (Å²) < 4.78 is 9.49. The summed E-state index contributed by atoms with van der Waals surface area (Å²) in [5.74, 6) is 0. The van der Waals surface area contributed by atoms with Crippen LogP contribution in [-0.2, 0) is 26.2 Å². The molecule has 0 unspecified atom stereocenters. The molecule has 0 radical (unpaired) electrons. The maximum atomic E-state index is 2.37. The summed E-state index contributed by atoms with van der Waals surface area (Å²) in [5, 5.41) is 0. The molecule has 0 aliphatic heterocycles. The van der Waals surface area contributed by atoms with E-state index in [-0.39, 0.29) is 0 Å². The van der Waals surface area contributed by atoms with Crippen molar-refractivity contribution in [2.45, 2.75) is 81.6 Å². The Hall–Kier alpha value is -7.96. The average Bonchev–Trinajstić information content (AvgIpc) is 4.19. The number of benzene rings is 6. The number of aromatic nitrogens is 4. The van der Waals surface area contributed by atoms with Crippen molar-refractivity contribution in [3.63, 3.8) is 0 Å². The number of nitrogens with zero attached hydrogens (tertiary/aromatic N) is 6. The van der Waals surface area contributed by atoms with Crippen molar-refractivity contribution in [1.29, 1.82) is 0 Å². The van der Waals surface area contributed by atoms with E-state index in [1.54, 1.807) is 0 Å². The Morgan fingerprint density at radius 3 is 0.571 bits per heavy atom. The summed E-state index contributed by atoms with van der Waals surface area (Å²) in [6.45, 7) is 21.3. The van der Waals surface area contributed by atoms with Gasteiger partial charge in [-0.1, -0.05) is 72.8 Å². The first-order valence-corrected chi connectivity index (χ1v) is 25.0. The lowest BCUT2D eigenvalue weighted by molar-refractivity contribution is 0.750. The van der Waals surface area contributed by atoms with Crippen LogP contribution in [0.5, 0.6) is 0 Å². The molecular formula is C64H64N6. The van der Waals surface area contributed by atoms with Crippen LogP contribution in [-0.4, -0.2) is 18.3 Å². The van der Waals surface area contributed by atoms with E-state index in [9.17, 15) is 0 Å². The fourth-order valence-corrected chi connectivity index (χ4v) is 10.6. The van der Waals surface area contributed by atoms with Gasteiger partial charge in [0.1, 0.15) is 0 Å². The van der Waals surface area contributed by atoms with E-state index in [1.165, 1.54) is 67.8 Å². The molecule has 0 spiro atoms. The smallest absolute Gasteiger partial charge is 0.0482 e. The van der Waals surface area contributed by atoms with Crippen molar-refractivity contribution in [1.82, 2.24) is 18.3 Å². The molecule has 4 aromatic heterocycles. The minimum atomic E-state index is 0.939. The summed E-state index contributed by atoms with van der Waals surface area (Å²) >= 11 is 0. The van der Waals surface area contributed by atoms with Crippen LogP contribution in [0, 0.1) is 27.7 Å². The van der Waals surface area contributed by atoms with Crippen LogP contribution in [0.25, 0.3) is 56.2 Å². The van der Waals surface area contributed by atoms with Gasteiger partial charge in [-0.05, 0) is 210 Å². The molecule has 10 rings (SSSR count). The van der Waals surface area contributed by atoms with Crippen LogP contribution in [0.2, 0.25) is 0 Å². The monoisotopic (exact) mass is 917 g/mol. The normalized spacial score (nSPS) is 11.4. The molecule has 0 saturated carbocycles. The van der Waals surface area contributed by atoms with Crippen molar-refractivity contribution in [2.75, 3.05) is 9.80 Å². The van der Waals surface area contributed by atoms with Crippen molar-refractivity contribution < 1.29 is 0 Å². The molecule has 0 bridgehead atoms. The van der Waals surface area contributed by atoms with Crippen molar-refractivity contribution >= 4 is 34.1 Å². The summed E-state index contributed by atoms with van der Waals surface area (Å²) in [6.07, 6.45) is 0. The Balaban J connectivity index is 0.975. The largest absolute Gasteiger partial charge is 0.345 e. The number of anilines is 6. The minimum absolute atomic E-state index is 0.939. The second-order valence-corrected chi connectivity index (χ2v) is 18.4. The highest BCUT2D eigenvalue weighted by molar-refractivity contribution is 5.83. The second kappa shape index (κ2) is 19.6. The van der Waals surface area contributed by atoms with Crippen LogP contribution in [0.3, 0.4) is 0 Å². The minimum Gasteiger partial charge on any atom is -0.345 e. The maximum Gasteiger partial charge on any atom is 0.0482 e. The average molecular weight is 917 g/mol. The summed E-state index contributed by atoms with van der Waals surface area (Å²) in [6, 6.07) is 71.9. The van der Waals surface area contributed by atoms with Crippen molar-refractivity contribution in [3.8, 4) is 56.2 Å². The third-order valence-electron chi connectivity index (χ3n) is 14.3. The Morgan fingerprint density at radius 1 is 0.229 bits per heavy atom. The Kier molecular flexibility index (Phi) is 12.8. The van der Waals surface area contributed by atoms with Crippen LogP contribution in [0.4, 0.5) is 34.1 Å². The fraction of sp³-hybridized carbons (Fsp3) is 0.188. The van der Waals surface area contributed by atoms with Crippen LogP contribution < -0.4 is 9.80 Å². The van der Waals surface area contributed by atoms with E-state index in [1.807, 2.05) is 0 Å². The molecule has 70 heavy (non-hydrogen) atoms. The molecular weight excluding hydrogens is 853 g/mol. The predicted molar refractivity (Wildman–Crippen MR) is 297 cm³/mol. The lowest BCUT2D eigenvalue weighted by atomic mass is 10.0. The Labute approximate surface area is 415 Å². The van der Waals surface area contributed by atoms with Crippen molar-refractivity contribution in [2.24, 2.45) is 0 Å². The lowest BCUT2D eigenvalue weighted by Crippen LogP contribution is -2.10. The third-order valence-corrected chi connectivity index (χ3v) is 14.3. The molecule has 6 nitrogen and oxygen atoms in total. The molecule has 0 atom stereocenters. The molecule has 0 N–H and O–H groups in total. The fourth-order valence-electron chi connectivity index (χ4n) is 10.6. The van der Waals surface area contributed by atoms with Crippen LogP contribution >= 0.6 is 0 Å². The van der Waals surface area contributed by atoms with Gasteiger partial charge in [-0.25, -0.2) is 0 Å². The van der Waals surface area contributed by atoms with E-state index < -0.39 is 0 Å². The van der Waals surface area contributed by atoms with Gasteiger partial charge in [0.2, 0.25) is 0 Å². The van der Waals surface area contributed by atoms with E-state index in [2.05, 4.69) is 278 Å². The van der Waals surface area contributed by atoms with Gasteiger partial charge in [0.05, 0.1) is 0 Å². The third kappa shape index (κ3) is 8.60. The van der Waals surface area contributed by atoms with Crippen LogP contribution in [0.15, 0.2) is 194 Å². The molecule has 350 valence electrons. The summed E-state index contributed by atoms with van der Waals surface area (Å²) in [5.41, 5.74) is 23.9. The number of hydrogen-bond donors (Lipinski definition) is 0. The number of aryl methyl sites for hydroxylation is 4. The zero-order chi connectivity index (χ0) is 48.5. The molecule has 6 heteroatoms. The van der Waals surface area contributed by atoms with E-state index in [4.69, 9.17) is 0 Å². The Morgan fingerprint density at radius 2 is 0.400 bits per heavy atom. The van der Waals surface area contributed by atoms with Gasteiger partial charge >= 0.3 is 0 Å². The first kappa shape index (κ1) is 45.8. The van der Waals surface area contributed by atoms with Gasteiger partial charge in [0.15, 0.2) is 0 Å². The molecule has 0 amide bonds. The topological polar surface area (TPSA) is 26.2 Å². The lowest BCUT2D eigenvalue weighted by Gasteiger charge is -2.27. The van der Waals surface area contributed by atoms with Gasteiger partial charge < -0.3 is 28.1 Å². The first-order chi connectivity index (χ1) is 34.2. The zero-order valence-electron chi connectivity index (χ0n) is 42.0. The molecule has 0 aliphatic carbocycles.